The Bertz CT molecular complexity index is 1650. The Kier molecular flexibility index (Phi) is 7.92. The number of hydrogen-bond acceptors (Lipinski definition) is 5. The smallest absolute Gasteiger partial charge is 0.336 e. The van der Waals surface area contributed by atoms with Gasteiger partial charge in [-0.05, 0) is 107 Å². The minimum Gasteiger partial charge on any atom is -0.760 e. The molecule has 1 aliphatic carbocycles. The Balaban J connectivity index is 1.60. The second-order valence-electron chi connectivity index (χ2n) is 9.73. The third-order valence-corrected chi connectivity index (χ3v) is 8.70. The molecule has 0 spiro atoms. The molecule has 0 radical (unpaired) electrons. The van der Waals surface area contributed by atoms with Crippen LogP contribution < -0.4 is 5.32 Å². The van der Waals surface area contributed by atoms with Crippen molar-refractivity contribution in [2.45, 2.75) is 38.3 Å². The van der Waals surface area contributed by atoms with Crippen LogP contribution >= 0.6 is 15.9 Å². The number of carbonyl (C=O) groups is 2. The molecule has 1 amide bonds. The van der Waals surface area contributed by atoms with Gasteiger partial charge in [-0.3, -0.25) is 9.00 Å². The van der Waals surface area contributed by atoms with E-state index >= 15 is 0 Å². The molecule has 4 aromatic rings. The number of rotatable bonds is 9. The highest BCUT2D eigenvalue weighted by atomic mass is 79.9. The van der Waals surface area contributed by atoms with Crippen LogP contribution in [-0.4, -0.2) is 37.1 Å². The number of fused-ring (bicyclic) bond motifs is 1. The zero-order chi connectivity index (χ0) is 28.7. The average molecular weight is 628 g/mol. The molecule has 208 valence electrons. The van der Waals surface area contributed by atoms with Gasteiger partial charge in [0.1, 0.15) is 17.2 Å². The van der Waals surface area contributed by atoms with Crippen molar-refractivity contribution in [1.29, 1.82) is 0 Å². The fourth-order valence-corrected chi connectivity index (χ4v) is 5.93. The molecule has 1 aromatic heterocycles. The average Bonchev–Trinajstić information content (AvgIpc) is 3.71. The first-order valence-electron chi connectivity index (χ1n) is 12.5. The molecule has 2 unspecified atom stereocenters. The van der Waals surface area contributed by atoms with E-state index in [1.165, 1.54) is 41.7 Å². The monoisotopic (exact) mass is 627 g/mol. The number of furan rings is 1. The molecule has 0 bridgehead atoms. The van der Waals surface area contributed by atoms with Crippen LogP contribution in [0, 0.1) is 5.82 Å². The lowest BCUT2D eigenvalue weighted by molar-refractivity contribution is 0.0695. The summed E-state index contributed by atoms with van der Waals surface area (Å²) in [6.07, 6.45) is 1.86. The molecule has 40 heavy (non-hydrogen) atoms. The molecular formula is C29H25BrFN2O6S-. The van der Waals surface area contributed by atoms with Crippen molar-refractivity contribution in [3.63, 3.8) is 0 Å². The summed E-state index contributed by atoms with van der Waals surface area (Å²) in [6.45, 7) is 1.71. The third kappa shape index (κ3) is 5.46. The number of aromatic carboxylic acids is 1. The fourth-order valence-electron chi connectivity index (χ4n) is 4.89. The van der Waals surface area contributed by atoms with Gasteiger partial charge in [-0.2, -0.15) is 0 Å². The van der Waals surface area contributed by atoms with Crippen LogP contribution in [0.4, 0.5) is 4.39 Å². The summed E-state index contributed by atoms with van der Waals surface area (Å²) in [5, 5.41) is 12.8. The summed E-state index contributed by atoms with van der Waals surface area (Å²) in [6, 6.07) is 13.4. The minimum absolute atomic E-state index is 0.0133. The molecule has 1 aliphatic rings. The summed E-state index contributed by atoms with van der Waals surface area (Å²) in [4.78, 5) is 24.6. The quantitative estimate of drug-likeness (QED) is 0.210. The van der Waals surface area contributed by atoms with Crippen LogP contribution in [0.5, 0.6) is 0 Å². The maximum absolute atomic E-state index is 13.6. The normalized spacial score (nSPS) is 14.8. The Morgan fingerprint density at radius 2 is 1.90 bits per heavy atom. The standard InChI is InChI=1S/C29H26BrFN2O6S/c1-15(18-7-10-24(30)22(11-18)29(35)36)33(40(37)38)14-19-12-25-23(13-21(19)16-3-4-16)26(28(34)32-2)27(39-25)17-5-8-20(31)9-6-17/h5-13,15-16H,3-4,14H2,1-2H3,(H,32,34)(H,35,36)(H,37,38)/p-1. The molecule has 1 saturated carbocycles. The van der Waals surface area contributed by atoms with E-state index in [1.807, 2.05) is 6.07 Å². The van der Waals surface area contributed by atoms with Crippen molar-refractivity contribution < 1.29 is 32.3 Å². The van der Waals surface area contributed by atoms with E-state index in [2.05, 4.69) is 21.2 Å². The maximum Gasteiger partial charge on any atom is 0.336 e. The van der Waals surface area contributed by atoms with Gasteiger partial charge in [0.05, 0.1) is 11.1 Å². The Labute approximate surface area is 240 Å². The number of benzene rings is 3. The number of carbonyl (C=O) groups excluding carboxylic acids is 1. The Hall–Kier alpha value is -3.38. The van der Waals surface area contributed by atoms with Crippen molar-refractivity contribution in [1.82, 2.24) is 9.62 Å². The predicted molar refractivity (Wildman–Crippen MR) is 151 cm³/mol. The molecule has 5 rings (SSSR count). The van der Waals surface area contributed by atoms with Gasteiger partial charge in [0.2, 0.25) is 0 Å². The molecular weight excluding hydrogens is 603 g/mol. The number of carboxylic acid groups (broad SMARTS) is 1. The lowest BCUT2D eigenvalue weighted by atomic mass is 9.97. The first-order valence-corrected chi connectivity index (χ1v) is 14.4. The molecule has 2 atom stereocenters. The predicted octanol–water partition coefficient (Wildman–Crippen LogP) is 6.29. The largest absolute Gasteiger partial charge is 0.760 e. The summed E-state index contributed by atoms with van der Waals surface area (Å²) < 4.78 is 46.3. The molecule has 8 nitrogen and oxygen atoms in total. The summed E-state index contributed by atoms with van der Waals surface area (Å²) in [5.41, 5.74) is 3.47. The third-order valence-electron chi connectivity index (χ3n) is 7.18. The van der Waals surface area contributed by atoms with Gasteiger partial charge in [-0.25, -0.2) is 13.5 Å². The summed E-state index contributed by atoms with van der Waals surface area (Å²) >= 11 is 0.587. The first kappa shape index (κ1) is 28.2. The Morgan fingerprint density at radius 3 is 2.50 bits per heavy atom. The number of halogens is 2. The van der Waals surface area contributed by atoms with Crippen molar-refractivity contribution in [2.24, 2.45) is 0 Å². The van der Waals surface area contributed by atoms with Gasteiger partial charge in [0.25, 0.3) is 5.91 Å². The Morgan fingerprint density at radius 1 is 1.20 bits per heavy atom. The SMILES string of the molecule is CNC(=O)c1c(-c2ccc(F)cc2)oc2cc(CN(C(C)c3ccc(Br)c(C(=O)O)c3)S(=O)[O-])c(C3CC3)cc12. The maximum atomic E-state index is 13.6. The zero-order valence-corrected chi connectivity index (χ0v) is 24.0. The molecule has 1 fully saturated rings. The van der Waals surface area contributed by atoms with E-state index in [4.69, 9.17) is 4.42 Å². The van der Waals surface area contributed by atoms with Crippen LogP contribution in [-0.2, 0) is 17.8 Å². The van der Waals surface area contributed by atoms with E-state index < -0.39 is 29.1 Å². The molecule has 1 heterocycles. The minimum atomic E-state index is -2.64. The highest BCUT2D eigenvalue weighted by Gasteiger charge is 2.31. The fraction of sp³-hybridized carbons (Fsp3) is 0.241. The first-order chi connectivity index (χ1) is 19.1. The van der Waals surface area contributed by atoms with E-state index in [-0.39, 0.29) is 23.9 Å². The van der Waals surface area contributed by atoms with Crippen molar-refractivity contribution in [3.8, 4) is 11.3 Å². The van der Waals surface area contributed by atoms with Gasteiger partial charge >= 0.3 is 5.97 Å². The van der Waals surface area contributed by atoms with Gasteiger partial charge < -0.3 is 19.4 Å². The summed E-state index contributed by atoms with van der Waals surface area (Å²) in [7, 11) is 1.52. The van der Waals surface area contributed by atoms with Crippen LogP contribution in [0.15, 0.2) is 63.5 Å². The van der Waals surface area contributed by atoms with Gasteiger partial charge in [-0.15, -0.1) is 0 Å². The lowest BCUT2D eigenvalue weighted by Gasteiger charge is -2.31. The van der Waals surface area contributed by atoms with Crippen LogP contribution in [0.25, 0.3) is 22.3 Å². The zero-order valence-electron chi connectivity index (χ0n) is 21.6. The highest BCUT2D eigenvalue weighted by Crippen LogP contribution is 2.45. The van der Waals surface area contributed by atoms with Crippen molar-refractivity contribution in [2.75, 3.05) is 7.05 Å². The molecule has 0 aliphatic heterocycles. The van der Waals surface area contributed by atoms with Crippen LogP contribution in [0.3, 0.4) is 0 Å². The van der Waals surface area contributed by atoms with Crippen LogP contribution in [0.2, 0.25) is 0 Å². The highest BCUT2D eigenvalue weighted by molar-refractivity contribution is 9.10. The van der Waals surface area contributed by atoms with E-state index in [1.54, 1.807) is 25.1 Å². The van der Waals surface area contributed by atoms with Gasteiger partial charge in [0, 0.05) is 46.3 Å². The lowest BCUT2D eigenvalue weighted by Crippen LogP contribution is -2.29. The number of nitrogens with zero attached hydrogens (tertiary/aromatic N) is 1. The second kappa shape index (κ2) is 11.2. The van der Waals surface area contributed by atoms with E-state index in [0.29, 0.717) is 37.9 Å². The second-order valence-corrected chi connectivity index (χ2v) is 11.5. The van der Waals surface area contributed by atoms with Gasteiger partial charge in [0.15, 0.2) is 0 Å². The van der Waals surface area contributed by atoms with E-state index in [0.717, 1.165) is 24.0 Å². The van der Waals surface area contributed by atoms with E-state index in [9.17, 15) is 27.8 Å². The summed E-state index contributed by atoms with van der Waals surface area (Å²) in [5.74, 6) is -1.39. The molecule has 3 aromatic carbocycles. The van der Waals surface area contributed by atoms with Crippen LogP contribution in [0.1, 0.15) is 69.1 Å². The number of amides is 1. The van der Waals surface area contributed by atoms with Crippen molar-refractivity contribution >= 4 is 50.0 Å². The molecule has 2 N–H and O–H groups in total. The molecule has 0 saturated heterocycles. The number of nitrogens with one attached hydrogen (secondary N) is 1. The van der Waals surface area contributed by atoms with Gasteiger partial charge in [-0.1, -0.05) is 6.07 Å². The molecule has 11 heteroatoms. The van der Waals surface area contributed by atoms with Crippen molar-refractivity contribution in [3.05, 3.63) is 92.7 Å². The topological polar surface area (TPSA) is 123 Å². The number of hydrogen-bond donors (Lipinski definition) is 2. The number of carboxylic acids is 1.